The van der Waals surface area contributed by atoms with Gasteiger partial charge in [0.05, 0.1) is 24.8 Å². The van der Waals surface area contributed by atoms with Crippen molar-refractivity contribution in [1.82, 2.24) is 9.97 Å². The molecule has 3 rings (SSSR count). The fourth-order valence-electron chi connectivity index (χ4n) is 1.77. The van der Waals surface area contributed by atoms with Crippen molar-refractivity contribution in [3.05, 3.63) is 36.3 Å². The monoisotopic (exact) mass is 186 g/mol. The molecule has 3 heteroatoms. The van der Waals surface area contributed by atoms with Crippen LogP contribution >= 0.6 is 0 Å². The van der Waals surface area contributed by atoms with Crippen LogP contribution in [-0.4, -0.2) is 16.6 Å². The summed E-state index contributed by atoms with van der Waals surface area (Å²) in [5.74, 6) is 1.02. The fraction of sp³-hybridized carbons (Fsp3) is 0.182. The Morgan fingerprint density at radius 1 is 1.36 bits per heavy atom. The molecule has 2 aromatic rings. The Hall–Kier alpha value is -1.77. The number of benzene rings is 1. The summed E-state index contributed by atoms with van der Waals surface area (Å²) in [5.41, 5.74) is 3.52. The molecule has 0 radical (unpaired) electrons. The molecule has 3 nitrogen and oxygen atoms in total. The van der Waals surface area contributed by atoms with Crippen LogP contribution in [0.2, 0.25) is 0 Å². The van der Waals surface area contributed by atoms with Crippen molar-refractivity contribution in [2.24, 2.45) is 0 Å². The highest BCUT2D eigenvalue weighted by Crippen LogP contribution is 2.29. The van der Waals surface area contributed by atoms with E-state index in [4.69, 9.17) is 4.74 Å². The van der Waals surface area contributed by atoms with Crippen LogP contribution in [0.3, 0.4) is 0 Å². The zero-order valence-electron chi connectivity index (χ0n) is 7.66. The lowest BCUT2D eigenvalue weighted by Crippen LogP contribution is -1.85. The topological polar surface area (TPSA) is 37.9 Å². The number of hydrogen-bond acceptors (Lipinski definition) is 2. The maximum absolute atomic E-state index is 5.44. The van der Waals surface area contributed by atoms with Gasteiger partial charge in [-0.3, -0.25) is 0 Å². The first kappa shape index (κ1) is 7.62. The number of ether oxygens (including phenoxy) is 1. The van der Waals surface area contributed by atoms with Crippen LogP contribution in [0.4, 0.5) is 0 Å². The highest BCUT2D eigenvalue weighted by atomic mass is 16.5. The number of aromatic amines is 1. The summed E-state index contributed by atoms with van der Waals surface area (Å²) >= 11 is 0. The predicted octanol–water partition coefficient (Wildman–Crippen LogP) is 2.01. The molecule has 0 bridgehead atoms. The highest BCUT2D eigenvalue weighted by molar-refractivity contribution is 5.61. The molecule has 1 aromatic heterocycles. The molecule has 0 amide bonds. The van der Waals surface area contributed by atoms with Gasteiger partial charge in [0, 0.05) is 12.0 Å². The smallest absolute Gasteiger partial charge is 0.122 e. The molecular weight excluding hydrogens is 176 g/mol. The molecule has 1 aliphatic rings. The first-order chi connectivity index (χ1) is 6.93. The van der Waals surface area contributed by atoms with Crippen LogP contribution in [0.1, 0.15) is 5.56 Å². The molecule has 0 fully saturated rings. The van der Waals surface area contributed by atoms with Gasteiger partial charge in [-0.2, -0.15) is 0 Å². The molecule has 0 spiro atoms. The second-order valence-electron chi connectivity index (χ2n) is 3.39. The van der Waals surface area contributed by atoms with E-state index in [1.807, 2.05) is 12.3 Å². The van der Waals surface area contributed by atoms with Gasteiger partial charge in [0.2, 0.25) is 0 Å². The van der Waals surface area contributed by atoms with E-state index < -0.39 is 0 Å². The van der Waals surface area contributed by atoms with Gasteiger partial charge in [-0.05, 0) is 23.8 Å². The van der Waals surface area contributed by atoms with E-state index >= 15 is 0 Å². The Labute approximate surface area is 81.8 Å². The van der Waals surface area contributed by atoms with Crippen LogP contribution in [0.15, 0.2) is 30.7 Å². The van der Waals surface area contributed by atoms with Gasteiger partial charge in [0.25, 0.3) is 0 Å². The third-order valence-corrected chi connectivity index (χ3v) is 2.50. The summed E-state index contributed by atoms with van der Waals surface area (Å²) in [6, 6.07) is 6.24. The maximum atomic E-state index is 5.44. The van der Waals surface area contributed by atoms with Gasteiger partial charge in [-0.25, -0.2) is 4.98 Å². The molecule has 1 aliphatic heterocycles. The number of H-pyrrole nitrogens is 1. The Morgan fingerprint density at radius 3 is 3.21 bits per heavy atom. The number of nitrogens with one attached hydrogen (secondary N) is 1. The molecule has 1 N–H and O–H groups in total. The lowest BCUT2D eigenvalue weighted by atomic mass is 10.1. The van der Waals surface area contributed by atoms with E-state index in [1.165, 1.54) is 11.1 Å². The van der Waals surface area contributed by atoms with Gasteiger partial charge < -0.3 is 9.72 Å². The van der Waals surface area contributed by atoms with Crippen molar-refractivity contribution in [1.29, 1.82) is 0 Å². The van der Waals surface area contributed by atoms with Gasteiger partial charge in [-0.15, -0.1) is 0 Å². The molecular formula is C11H10N2O. The van der Waals surface area contributed by atoms with Crippen molar-refractivity contribution < 1.29 is 4.74 Å². The van der Waals surface area contributed by atoms with Crippen molar-refractivity contribution in [2.75, 3.05) is 6.61 Å². The molecule has 70 valence electrons. The molecule has 0 saturated heterocycles. The lowest BCUT2D eigenvalue weighted by Gasteiger charge is -2.01. The highest BCUT2D eigenvalue weighted by Gasteiger charge is 2.12. The quantitative estimate of drug-likeness (QED) is 0.739. The van der Waals surface area contributed by atoms with E-state index in [1.54, 1.807) is 6.33 Å². The number of fused-ring (bicyclic) bond motifs is 1. The molecule has 2 heterocycles. The van der Waals surface area contributed by atoms with Crippen molar-refractivity contribution >= 4 is 0 Å². The second-order valence-corrected chi connectivity index (χ2v) is 3.39. The zero-order valence-corrected chi connectivity index (χ0v) is 7.66. The minimum Gasteiger partial charge on any atom is -0.493 e. The normalized spacial score (nSPS) is 13.7. The van der Waals surface area contributed by atoms with Gasteiger partial charge >= 0.3 is 0 Å². The lowest BCUT2D eigenvalue weighted by molar-refractivity contribution is 0.357. The molecule has 1 aromatic carbocycles. The van der Waals surface area contributed by atoms with E-state index in [2.05, 4.69) is 22.1 Å². The Kier molecular flexibility index (Phi) is 1.56. The molecule has 0 unspecified atom stereocenters. The largest absolute Gasteiger partial charge is 0.493 e. The summed E-state index contributed by atoms with van der Waals surface area (Å²) in [6.07, 6.45) is 4.54. The van der Waals surface area contributed by atoms with E-state index in [-0.39, 0.29) is 0 Å². The van der Waals surface area contributed by atoms with Crippen LogP contribution in [-0.2, 0) is 6.42 Å². The van der Waals surface area contributed by atoms with Crippen LogP contribution in [0.25, 0.3) is 11.3 Å². The van der Waals surface area contributed by atoms with Crippen molar-refractivity contribution in [3.8, 4) is 17.0 Å². The molecule has 0 aliphatic carbocycles. The Bertz CT molecular complexity index is 448. The Balaban J connectivity index is 2.09. The third-order valence-electron chi connectivity index (χ3n) is 2.50. The van der Waals surface area contributed by atoms with Gasteiger partial charge in [-0.1, -0.05) is 0 Å². The number of hydrogen-bond donors (Lipinski definition) is 1. The SMILES string of the molecule is c1ncc(-c2ccc3c(c2)CCO3)[nH]1. The van der Waals surface area contributed by atoms with Crippen molar-refractivity contribution in [2.45, 2.75) is 6.42 Å². The minimum absolute atomic E-state index is 0.807. The predicted molar refractivity (Wildman–Crippen MR) is 53.2 cm³/mol. The second kappa shape index (κ2) is 2.87. The Morgan fingerprint density at radius 2 is 2.36 bits per heavy atom. The number of aromatic nitrogens is 2. The molecule has 0 saturated carbocycles. The van der Waals surface area contributed by atoms with Crippen LogP contribution < -0.4 is 4.74 Å². The van der Waals surface area contributed by atoms with E-state index in [0.717, 1.165) is 24.5 Å². The standard InChI is InChI=1S/C11H10N2O/c1-2-11-9(3-4-14-11)5-8(1)10-6-12-7-13-10/h1-2,5-7H,3-4H2,(H,12,13). The first-order valence-corrected chi connectivity index (χ1v) is 4.68. The molecule has 14 heavy (non-hydrogen) atoms. The number of nitrogens with zero attached hydrogens (tertiary/aromatic N) is 1. The summed E-state index contributed by atoms with van der Waals surface area (Å²) < 4.78 is 5.44. The van der Waals surface area contributed by atoms with Gasteiger partial charge in [0.1, 0.15) is 5.75 Å². The third kappa shape index (κ3) is 1.09. The van der Waals surface area contributed by atoms with Gasteiger partial charge in [0.15, 0.2) is 0 Å². The molecule has 0 atom stereocenters. The summed E-state index contributed by atoms with van der Waals surface area (Å²) in [4.78, 5) is 7.10. The van der Waals surface area contributed by atoms with Crippen LogP contribution in [0.5, 0.6) is 5.75 Å². The summed E-state index contributed by atoms with van der Waals surface area (Å²) in [5, 5.41) is 0. The fourth-order valence-corrected chi connectivity index (χ4v) is 1.77. The maximum Gasteiger partial charge on any atom is 0.122 e. The van der Waals surface area contributed by atoms with Crippen LogP contribution in [0, 0.1) is 0 Å². The van der Waals surface area contributed by atoms with Crippen molar-refractivity contribution in [3.63, 3.8) is 0 Å². The van der Waals surface area contributed by atoms with E-state index in [0.29, 0.717) is 0 Å². The summed E-state index contributed by atoms with van der Waals surface area (Å²) in [7, 11) is 0. The summed E-state index contributed by atoms with van der Waals surface area (Å²) in [6.45, 7) is 0.807. The zero-order chi connectivity index (χ0) is 9.38. The minimum atomic E-state index is 0.807. The average Bonchev–Trinajstić information content (AvgIpc) is 2.88. The number of imidazole rings is 1. The number of rotatable bonds is 1. The average molecular weight is 186 g/mol. The van der Waals surface area contributed by atoms with E-state index in [9.17, 15) is 0 Å². The first-order valence-electron chi connectivity index (χ1n) is 4.68.